The normalized spacial score (nSPS) is 10.7. The van der Waals surface area contributed by atoms with E-state index < -0.39 is 0 Å². The number of fused-ring (bicyclic) bond motifs is 2. The number of hydrogen-bond acceptors (Lipinski definition) is 6. The van der Waals surface area contributed by atoms with Gasteiger partial charge in [0.25, 0.3) is 11.8 Å². The second-order valence-corrected chi connectivity index (χ2v) is 9.69. The van der Waals surface area contributed by atoms with Crippen LogP contribution in [0.25, 0.3) is 42.7 Å². The molecule has 0 radical (unpaired) electrons. The van der Waals surface area contributed by atoms with Gasteiger partial charge in [0.15, 0.2) is 0 Å². The molecule has 0 bridgehead atoms. The fourth-order valence-corrected chi connectivity index (χ4v) is 6.80. The number of amides is 2. The van der Waals surface area contributed by atoms with E-state index in [0.29, 0.717) is 43.3 Å². The molecule has 4 aromatic rings. The van der Waals surface area contributed by atoms with E-state index in [1.165, 1.54) is 21.6 Å². The molecule has 2 amide bonds. The summed E-state index contributed by atoms with van der Waals surface area (Å²) in [6.07, 6.45) is 0. The van der Waals surface area contributed by atoms with Crippen molar-refractivity contribution in [3.05, 3.63) is 68.4 Å². The predicted octanol–water partition coefficient (Wildman–Crippen LogP) is 6.07. The van der Waals surface area contributed by atoms with Crippen LogP contribution in [0.4, 0.5) is 11.4 Å². The van der Waals surface area contributed by atoms with Crippen LogP contribution in [-0.4, -0.2) is 35.0 Å². The quantitative estimate of drug-likeness (QED) is 0.131. The number of aromatic nitrogens is 2. The van der Waals surface area contributed by atoms with E-state index in [4.69, 9.17) is 11.1 Å². The first-order chi connectivity index (χ1) is 17.4. The Kier molecular flexibility index (Phi) is 7.04. The standard InChI is InChI=1S/C22H20N10O2S2/c1-25-19(33)17-13-9-11(27-29-23)5-7-15(13)31(3)21(17)35-36-22-18(20(34)26-2)14-10-12(28-30-24)6-8-16(14)32(22)4/h5-10H,1-4H3,(H,25,33)(H,26,34). The number of rotatable bonds is 7. The molecular formula is C22H20N10O2S2. The molecule has 0 unspecified atom stereocenters. The first kappa shape index (κ1) is 24.9. The third kappa shape index (κ3) is 4.18. The number of carbonyl (C=O) groups excluding carboxylic acids is 2. The van der Waals surface area contributed by atoms with Crippen molar-refractivity contribution in [2.75, 3.05) is 14.1 Å². The van der Waals surface area contributed by atoms with Crippen molar-refractivity contribution in [2.45, 2.75) is 10.1 Å². The lowest BCUT2D eigenvalue weighted by Gasteiger charge is -2.09. The molecule has 0 atom stereocenters. The molecule has 0 fully saturated rings. The lowest BCUT2D eigenvalue weighted by molar-refractivity contribution is 0.0953. The number of hydrogen-bond donors (Lipinski definition) is 2. The van der Waals surface area contributed by atoms with Crippen LogP contribution in [0.2, 0.25) is 0 Å². The van der Waals surface area contributed by atoms with Gasteiger partial charge in [-0.3, -0.25) is 9.59 Å². The molecule has 36 heavy (non-hydrogen) atoms. The number of nitrogens with one attached hydrogen (secondary N) is 2. The van der Waals surface area contributed by atoms with E-state index in [9.17, 15) is 9.59 Å². The summed E-state index contributed by atoms with van der Waals surface area (Å²) in [5.74, 6) is -0.575. The van der Waals surface area contributed by atoms with Crippen LogP contribution < -0.4 is 10.6 Å². The summed E-state index contributed by atoms with van der Waals surface area (Å²) in [5, 5.41) is 15.3. The van der Waals surface area contributed by atoms with E-state index in [2.05, 4.69) is 30.7 Å². The molecule has 182 valence electrons. The van der Waals surface area contributed by atoms with Crippen LogP contribution in [0, 0.1) is 0 Å². The summed E-state index contributed by atoms with van der Waals surface area (Å²) in [6, 6.07) is 10.3. The van der Waals surface area contributed by atoms with Crippen molar-refractivity contribution in [1.82, 2.24) is 19.8 Å². The first-order valence-electron chi connectivity index (χ1n) is 10.5. The van der Waals surface area contributed by atoms with Gasteiger partial charge in [0.1, 0.15) is 0 Å². The molecule has 0 saturated heterocycles. The molecule has 12 nitrogen and oxygen atoms in total. The van der Waals surface area contributed by atoms with E-state index in [-0.39, 0.29) is 11.8 Å². The number of azide groups is 2. The Hall–Kier alpha value is -4.22. The Morgan fingerprint density at radius 3 is 1.50 bits per heavy atom. The molecule has 0 spiro atoms. The van der Waals surface area contributed by atoms with Crippen molar-refractivity contribution in [1.29, 1.82) is 0 Å². The average Bonchev–Trinajstić information content (AvgIpc) is 3.32. The topological polar surface area (TPSA) is 166 Å². The zero-order valence-corrected chi connectivity index (χ0v) is 21.3. The highest BCUT2D eigenvalue weighted by molar-refractivity contribution is 8.76. The smallest absolute Gasteiger partial charge is 0.254 e. The van der Waals surface area contributed by atoms with Gasteiger partial charge in [-0.05, 0) is 56.9 Å². The molecular weight excluding hydrogens is 500 g/mol. The van der Waals surface area contributed by atoms with Gasteiger partial charge < -0.3 is 19.8 Å². The molecule has 2 N–H and O–H groups in total. The minimum absolute atomic E-state index is 0.288. The first-order valence-corrected chi connectivity index (χ1v) is 12.6. The molecule has 0 aliphatic carbocycles. The summed E-state index contributed by atoms with van der Waals surface area (Å²) >= 11 is 0. The van der Waals surface area contributed by atoms with Crippen molar-refractivity contribution in [3.63, 3.8) is 0 Å². The third-order valence-corrected chi connectivity index (χ3v) is 8.24. The Balaban J connectivity index is 1.87. The second kappa shape index (κ2) is 10.2. The number of benzene rings is 2. The summed E-state index contributed by atoms with van der Waals surface area (Å²) < 4.78 is 3.78. The highest BCUT2D eigenvalue weighted by Gasteiger charge is 2.25. The van der Waals surface area contributed by atoms with Crippen molar-refractivity contribution in [3.8, 4) is 0 Å². The molecule has 2 aromatic carbocycles. The van der Waals surface area contributed by atoms with Gasteiger partial charge in [0.05, 0.1) is 21.2 Å². The van der Waals surface area contributed by atoms with Crippen LogP contribution in [0.3, 0.4) is 0 Å². The van der Waals surface area contributed by atoms with Crippen LogP contribution in [0.5, 0.6) is 0 Å². The monoisotopic (exact) mass is 520 g/mol. The van der Waals surface area contributed by atoms with Gasteiger partial charge in [-0.1, -0.05) is 22.4 Å². The highest BCUT2D eigenvalue weighted by atomic mass is 33.1. The maximum Gasteiger partial charge on any atom is 0.254 e. The highest BCUT2D eigenvalue weighted by Crippen LogP contribution is 2.46. The Morgan fingerprint density at radius 2 is 1.17 bits per heavy atom. The molecule has 2 heterocycles. The molecule has 0 aliphatic heterocycles. The molecule has 2 aromatic heterocycles. The van der Waals surface area contributed by atoms with Crippen molar-refractivity contribution >= 4 is 66.6 Å². The van der Waals surface area contributed by atoms with Gasteiger partial charge in [-0.15, -0.1) is 0 Å². The van der Waals surface area contributed by atoms with Crippen molar-refractivity contribution in [2.24, 2.45) is 24.3 Å². The number of aryl methyl sites for hydroxylation is 2. The van der Waals surface area contributed by atoms with E-state index in [1.54, 1.807) is 50.5 Å². The minimum Gasteiger partial charge on any atom is -0.355 e. The maximum absolute atomic E-state index is 12.9. The summed E-state index contributed by atoms with van der Waals surface area (Å²) in [6.45, 7) is 0. The summed E-state index contributed by atoms with van der Waals surface area (Å²) in [7, 11) is 9.46. The SMILES string of the molecule is CNC(=O)c1c(SSc2c(C(=O)NC)c3cc(N=[N+]=[N-])ccc3n2C)n(C)c2ccc(N=[N+]=[N-])cc12. The van der Waals surface area contributed by atoms with E-state index >= 15 is 0 Å². The lowest BCUT2D eigenvalue weighted by Crippen LogP contribution is -2.18. The summed E-state index contributed by atoms with van der Waals surface area (Å²) in [4.78, 5) is 31.5. The average molecular weight is 521 g/mol. The third-order valence-electron chi connectivity index (χ3n) is 5.69. The van der Waals surface area contributed by atoms with Gasteiger partial charge in [-0.2, -0.15) is 0 Å². The maximum atomic E-state index is 12.9. The summed E-state index contributed by atoms with van der Waals surface area (Å²) in [5.41, 5.74) is 20.9. The van der Waals surface area contributed by atoms with Gasteiger partial charge >= 0.3 is 0 Å². The number of nitrogens with zero attached hydrogens (tertiary/aromatic N) is 8. The van der Waals surface area contributed by atoms with E-state index in [0.717, 1.165) is 11.0 Å². The fraction of sp³-hybridized carbons (Fsp3) is 0.182. The predicted molar refractivity (Wildman–Crippen MR) is 142 cm³/mol. The van der Waals surface area contributed by atoms with Crippen LogP contribution in [0.1, 0.15) is 20.7 Å². The molecule has 0 aliphatic rings. The van der Waals surface area contributed by atoms with Gasteiger partial charge in [-0.25, -0.2) is 0 Å². The molecule has 0 saturated carbocycles. The Labute approximate surface area is 212 Å². The van der Waals surface area contributed by atoms with Crippen LogP contribution >= 0.6 is 21.6 Å². The lowest BCUT2D eigenvalue weighted by atomic mass is 10.1. The molecule has 14 heteroatoms. The van der Waals surface area contributed by atoms with Crippen molar-refractivity contribution < 1.29 is 9.59 Å². The van der Waals surface area contributed by atoms with Crippen LogP contribution in [0.15, 0.2) is 56.7 Å². The van der Waals surface area contributed by atoms with E-state index in [1.807, 2.05) is 23.2 Å². The minimum atomic E-state index is -0.288. The second-order valence-electron chi connectivity index (χ2n) is 7.59. The van der Waals surface area contributed by atoms with Gasteiger partial charge in [0, 0.05) is 71.2 Å². The number of carbonyl (C=O) groups is 2. The van der Waals surface area contributed by atoms with Crippen LogP contribution in [-0.2, 0) is 14.1 Å². The Bertz CT molecular complexity index is 1520. The zero-order valence-electron chi connectivity index (χ0n) is 19.7. The fourth-order valence-electron chi connectivity index (χ4n) is 4.01. The van der Waals surface area contributed by atoms with Gasteiger partial charge in [0.2, 0.25) is 0 Å². The zero-order chi connectivity index (χ0) is 26.0. The Morgan fingerprint density at radius 1 is 0.778 bits per heavy atom. The molecule has 4 rings (SSSR count). The largest absolute Gasteiger partial charge is 0.355 e.